The van der Waals surface area contributed by atoms with E-state index in [9.17, 15) is 9.59 Å². The topological polar surface area (TPSA) is 89.0 Å². The van der Waals surface area contributed by atoms with Crippen LogP contribution in [0, 0.1) is 0 Å². The van der Waals surface area contributed by atoms with Gasteiger partial charge in [-0.05, 0) is 41.8 Å². The second kappa shape index (κ2) is 10.3. The molecule has 0 spiro atoms. The van der Waals surface area contributed by atoms with Crippen LogP contribution in [0.1, 0.15) is 11.1 Å². The normalized spacial score (nSPS) is 10.5. The van der Waals surface area contributed by atoms with Crippen molar-refractivity contribution in [3.8, 4) is 11.5 Å². The minimum Gasteiger partial charge on any atom is -0.493 e. The fourth-order valence-corrected chi connectivity index (χ4v) is 2.66. The highest BCUT2D eigenvalue weighted by molar-refractivity contribution is 9.10. The summed E-state index contributed by atoms with van der Waals surface area (Å²) in [6.45, 7) is 0.303. The molecule has 0 radical (unpaired) electrons. The molecule has 8 heteroatoms. The lowest BCUT2D eigenvalue weighted by molar-refractivity contribution is -0.139. The smallest absolute Gasteiger partial charge is 0.329 e. The Labute approximate surface area is 165 Å². The number of nitrogens with zero attached hydrogens (tertiary/aromatic N) is 1. The molecule has 0 saturated heterocycles. The average molecular weight is 434 g/mol. The molecule has 0 heterocycles. The molecule has 2 rings (SSSR count). The largest absolute Gasteiger partial charge is 0.493 e. The van der Waals surface area contributed by atoms with Gasteiger partial charge in [0.1, 0.15) is 0 Å². The predicted molar refractivity (Wildman–Crippen MR) is 106 cm³/mol. The van der Waals surface area contributed by atoms with Gasteiger partial charge >= 0.3 is 11.8 Å². The summed E-state index contributed by atoms with van der Waals surface area (Å²) in [4.78, 5) is 23.5. The number of halogens is 1. The molecule has 0 saturated carbocycles. The minimum absolute atomic E-state index is 0.303. The number of amides is 2. The zero-order valence-corrected chi connectivity index (χ0v) is 16.6. The number of hydrogen-bond donors (Lipinski definition) is 2. The molecule has 0 aromatic heterocycles. The number of nitrogens with one attached hydrogen (secondary N) is 2. The molecule has 2 amide bonds. The summed E-state index contributed by atoms with van der Waals surface area (Å²) in [6.07, 6.45) is 2.00. The molecule has 142 valence electrons. The van der Waals surface area contributed by atoms with Gasteiger partial charge in [0.15, 0.2) is 11.5 Å². The molecule has 0 unspecified atom stereocenters. The zero-order chi connectivity index (χ0) is 19.6. The SMILES string of the molecule is COc1ccc(CCNC(=O)C(=O)N/N=C\c2cccc(Br)c2)cc1OC. The Morgan fingerprint density at radius 1 is 1.07 bits per heavy atom. The Morgan fingerprint density at radius 2 is 1.85 bits per heavy atom. The molecule has 7 nitrogen and oxygen atoms in total. The summed E-state index contributed by atoms with van der Waals surface area (Å²) in [5, 5.41) is 6.33. The number of carbonyl (C=O) groups excluding carboxylic acids is 2. The van der Waals surface area contributed by atoms with E-state index in [1.165, 1.54) is 6.21 Å². The van der Waals surface area contributed by atoms with Gasteiger partial charge in [-0.2, -0.15) is 5.10 Å². The van der Waals surface area contributed by atoms with Crippen molar-refractivity contribution in [2.75, 3.05) is 20.8 Å². The van der Waals surface area contributed by atoms with Crippen molar-refractivity contribution in [2.45, 2.75) is 6.42 Å². The van der Waals surface area contributed by atoms with E-state index in [2.05, 4.69) is 31.8 Å². The fourth-order valence-electron chi connectivity index (χ4n) is 2.24. The van der Waals surface area contributed by atoms with E-state index in [4.69, 9.17) is 9.47 Å². The lowest BCUT2D eigenvalue weighted by Crippen LogP contribution is -2.38. The van der Waals surface area contributed by atoms with Crippen LogP contribution in [-0.2, 0) is 16.0 Å². The maximum Gasteiger partial charge on any atom is 0.329 e. The summed E-state index contributed by atoms with van der Waals surface area (Å²) in [5.41, 5.74) is 3.93. The summed E-state index contributed by atoms with van der Waals surface area (Å²) in [5.74, 6) is -0.329. The molecular formula is C19H20BrN3O4. The molecule has 0 atom stereocenters. The van der Waals surface area contributed by atoms with E-state index in [-0.39, 0.29) is 0 Å². The van der Waals surface area contributed by atoms with Crippen LogP contribution in [0.5, 0.6) is 11.5 Å². The van der Waals surface area contributed by atoms with Gasteiger partial charge in [0, 0.05) is 11.0 Å². The molecule has 0 aliphatic carbocycles. The monoisotopic (exact) mass is 433 g/mol. The van der Waals surface area contributed by atoms with Crippen LogP contribution in [-0.4, -0.2) is 38.8 Å². The van der Waals surface area contributed by atoms with Crippen molar-refractivity contribution in [3.05, 3.63) is 58.1 Å². The van der Waals surface area contributed by atoms with Crippen LogP contribution < -0.4 is 20.2 Å². The second-order valence-corrected chi connectivity index (χ2v) is 6.37. The first kappa shape index (κ1) is 20.4. The van der Waals surface area contributed by atoms with Crippen LogP contribution in [0.3, 0.4) is 0 Å². The Hall–Kier alpha value is -2.87. The van der Waals surface area contributed by atoms with Gasteiger partial charge < -0.3 is 14.8 Å². The third kappa shape index (κ3) is 6.41. The number of methoxy groups -OCH3 is 2. The van der Waals surface area contributed by atoms with E-state index in [0.29, 0.717) is 24.5 Å². The van der Waals surface area contributed by atoms with E-state index >= 15 is 0 Å². The fraction of sp³-hybridized carbons (Fsp3) is 0.211. The third-order valence-electron chi connectivity index (χ3n) is 3.58. The van der Waals surface area contributed by atoms with Gasteiger partial charge in [-0.1, -0.05) is 34.1 Å². The number of hydrazone groups is 1. The van der Waals surface area contributed by atoms with Gasteiger partial charge in [-0.3, -0.25) is 9.59 Å². The van der Waals surface area contributed by atoms with E-state index in [1.54, 1.807) is 20.3 Å². The highest BCUT2D eigenvalue weighted by atomic mass is 79.9. The van der Waals surface area contributed by atoms with Gasteiger partial charge in [0.05, 0.1) is 20.4 Å². The summed E-state index contributed by atoms with van der Waals surface area (Å²) in [6, 6.07) is 12.9. The standard InChI is InChI=1S/C19H20BrN3O4/c1-26-16-7-6-13(11-17(16)27-2)8-9-21-18(24)19(25)23-22-12-14-4-3-5-15(20)10-14/h3-7,10-12H,8-9H2,1-2H3,(H,21,24)(H,23,25)/b22-12-. The highest BCUT2D eigenvalue weighted by Crippen LogP contribution is 2.27. The Bertz CT molecular complexity index is 839. The van der Waals surface area contributed by atoms with Crippen molar-refractivity contribution in [1.29, 1.82) is 0 Å². The average Bonchev–Trinajstić information content (AvgIpc) is 2.67. The van der Waals surface area contributed by atoms with Crippen molar-refractivity contribution in [1.82, 2.24) is 10.7 Å². The van der Waals surface area contributed by atoms with Gasteiger partial charge in [-0.15, -0.1) is 0 Å². The molecule has 0 bridgehead atoms. The van der Waals surface area contributed by atoms with Gasteiger partial charge in [-0.25, -0.2) is 5.43 Å². The number of benzene rings is 2. The molecule has 27 heavy (non-hydrogen) atoms. The maximum absolute atomic E-state index is 11.8. The van der Waals surface area contributed by atoms with Crippen LogP contribution in [0.2, 0.25) is 0 Å². The molecular weight excluding hydrogens is 414 g/mol. The van der Waals surface area contributed by atoms with E-state index in [1.807, 2.05) is 36.4 Å². The number of rotatable bonds is 7. The van der Waals surface area contributed by atoms with E-state index in [0.717, 1.165) is 15.6 Å². The van der Waals surface area contributed by atoms with Crippen LogP contribution in [0.25, 0.3) is 0 Å². The third-order valence-corrected chi connectivity index (χ3v) is 4.08. The first-order valence-electron chi connectivity index (χ1n) is 8.11. The van der Waals surface area contributed by atoms with Gasteiger partial charge in [0.2, 0.25) is 0 Å². The predicted octanol–water partition coefficient (Wildman–Crippen LogP) is 2.28. The summed E-state index contributed by atoms with van der Waals surface area (Å²) < 4.78 is 11.3. The number of carbonyl (C=O) groups is 2. The molecule has 2 aromatic carbocycles. The van der Waals surface area contributed by atoms with Crippen LogP contribution in [0.15, 0.2) is 52.0 Å². The Balaban J connectivity index is 1.79. The number of ether oxygens (including phenoxy) is 2. The van der Waals surface area contributed by atoms with Crippen molar-refractivity contribution in [3.63, 3.8) is 0 Å². The second-order valence-electron chi connectivity index (χ2n) is 5.45. The highest BCUT2D eigenvalue weighted by Gasteiger charge is 2.12. The van der Waals surface area contributed by atoms with Crippen molar-refractivity contribution >= 4 is 34.0 Å². The number of hydrogen-bond acceptors (Lipinski definition) is 5. The molecule has 0 aliphatic rings. The van der Waals surface area contributed by atoms with Crippen molar-refractivity contribution < 1.29 is 19.1 Å². The Kier molecular flexibility index (Phi) is 7.81. The minimum atomic E-state index is -0.825. The van der Waals surface area contributed by atoms with Crippen LogP contribution in [0.4, 0.5) is 0 Å². The first-order chi connectivity index (χ1) is 13.0. The van der Waals surface area contributed by atoms with Crippen LogP contribution >= 0.6 is 15.9 Å². The maximum atomic E-state index is 11.8. The zero-order valence-electron chi connectivity index (χ0n) is 15.0. The lowest BCUT2D eigenvalue weighted by Gasteiger charge is -2.10. The van der Waals surface area contributed by atoms with Gasteiger partial charge in [0.25, 0.3) is 0 Å². The Morgan fingerprint density at radius 3 is 2.56 bits per heavy atom. The summed E-state index contributed by atoms with van der Waals surface area (Å²) in [7, 11) is 3.12. The molecule has 0 fully saturated rings. The molecule has 0 aliphatic heterocycles. The lowest BCUT2D eigenvalue weighted by atomic mass is 10.1. The summed E-state index contributed by atoms with van der Waals surface area (Å²) >= 11 is 3.34. The van der Waals surface area contributed by atoms with Crippen molar-refractivity contribution in [2.24, 2.45) is 5.10 Å². The molecule has 2 N–H and O–H groups in total. The van der Waals surface area contributed by atoms with E-state index < -0.39 is 11.8 Å². The first-order valence-corrected chi connectivity index (χ1v) is 8.90. The quantitative estimate of drug-likeness (QED) is 0.398. The molecule has 2 aromatic rings.